The van der Waals surface area contributed by atoms with E-state index in [1.807, 2.05) is 6.08 Å². The molecule has 0 heterocycles. The molecule has 1 nitrogen and oxygen atoms in total. The quantitative estimate of drug-likeness (QED) is 0.620. The number of allylic oxidation sites excluding steroid dienone is 10. The molecule has 0 aromatic heterocycles. The van der Waals surface area contributed by atoms with Crippen LogP contribution in [0.2, 0.25) is 0 Å². The molecule has 2 aliphatic rings. The molecule has 1 heteroatoms. The average Bonchev–Trinajstić information content (AvgIpc) is 2.47. The van der Waals surface area contributed by atoms with Crippen molar-refractivity contribution in [1.82, 2.24) is 0 Å². The molecular formula is C18H22O. The third-order valence-electron chi connectivity index (χ3n) is 3.45. The molecule has 2 aliphatic carbocycles. The lowest BCUT2D eigenvalue weighted by Gasteiger charge is -2.05. The summed E-state index contributed by atoms with van der Waals surface area (Å²) < 4.78 is 0. The maximum Gasteiger partial charge on any atom is 0.155 e. The molecule has 0 fully saturated rings. The summed E-state index contributed by atoms with van der Waals surface area (Å²) in [6, 6.07) is 0. The van der Waals surface area contributed by atoms with Crippen LogP contribution in [0.4, 0.5) is 0 Å². The SMILES string of the molecule is O=C(/C=C/C1=CCCC=C1)CCCC1=CCCC=C1. The predicted molar refractivity (Wildman–Crippen MR) is 80.9 cm³/mol. The van der Waals surface area contributed by atoms with Gasteiger partial charge in [-0.3, -0.25) is 4.79 Å². The van der Waals surface area contributed by atoms with Crippen molar-refractivity contribution in [3.8, 4) is 0 Å². The molecule has 0 amide bonds. The normalized spacial score (nSPS) is 18.5. The molecule has 0 aliphatic heterocycles. The minimum absolute atomic E-state index is 0.236. The fourth-order valence-electron chi connectivity index (χ4n) is 2.35. The van der Waals surface area contributed by atoms with Gasteiger partial charge in [-0.1, -0.05) is 48.1 Å². The maximum atomic E-state index is 11.8. The van der Waals surface area contributed by atoms with E-state index in [1.54, 1.807) is 6.08 Å². The first-order chi connectivity index (χ1) is 9.34. The second-order valence-electron chi connectivity index (χ2n) is 5.10. The number of hydrogen-bond donors (Lipinski definition) is 0. The first-order valence-corrected chi connectivity index (χ1v) is 7.28. The third kappa shape index (κ3) is 5.25. The van der Waals surface area contributed by atoms with Crippen molar-refractivity contribution >= 4 is 5.78 Å². The molecule has 0 saturated heterocycles. The Morgan fingerprint density at radius 1 is 1.05 bits per heavy atom. The number of rotatable bonds is 6. The zero-order chi connectivity index (χ0) is 13.3. The topological polar surface area (TPSA) is 17.1 Å². The van der Waals surface area contributed by atoms with Gasteiger partial charge in [-0.2, -0.15) is 0 Å². The van der Waals surface area contributed by atoms with Gasteiger partial charge >= 0.3 is 0 Å². The molecule has 0 unspecified atom stereocenters. The van der Waals surface area contributed by atoms with Crippen LogP contribution in [-0.4, -0.2) is 5.78 Å². The van der Waals surface area contributed by atoms with Crippen molar-refractivity contribution in [2.75, 3.05) is 0 Å². The van der Waals surface area contributed by atoms with Gasteiger partial charge in [-0.05, 0) is 50.2 Å². The van der Waals surface area contributed by atoms with Crippen molar-refractivity contribution in [2.24, 2.45) is 0 Å². The van der Waals surface area contributed by atoms with E-state index in [-0.39, 0.29) is 5.78 Å². The summed E-state index contributed by atoms with van der Waals surface area (Å²) in [7, 11) is 0. The van der Waals surface area contributed by atoms with Crippen LogP contribution in [0.25, 0.3) is 0 Å². The van der Waals surface area contributed by atoms with Crippen molar-refractivity contribution < 1.29 is 4.79 Å². The molecule has 0 atom stereocenters. The summed E-state index contributed by atoms with van der Waals surface area (Å²) in [6.07, 6.45) is 24.0. The summed E-state index contributed by atoms with van der Waals surface area (Å²) in [5.74, 6) is 0.236. The van der Waals surface area contributed by atoms with Gasteiger partial charge in [0.05, 0.1) is 0 Å². The van der Waals surface area contributed by atoms with Crippen LogP contribution in [0.3, 0.4) is 0 Å². The van der Waals surface area contributed by atoms with Crippen LogP contribution in [0.15, 0.2) is 59.8 Å². The number of carbonyl (C=O) groups is 1. The van der Waals surface area contributed by atoms with Crippen LogP contribution in [0.5, 0.6) is 0 Å². The van der Waals surface area contributed by atoms with Gasteiger partial charge in [-0.15, -0.1) is 0 Å². The molecule has 19 heavy (non-hydrogen) atoms. The van der Waals surface area contributed by atoms with E-state index in [9.17, 15) is 4.79 Å². The average molecular weight is 254 g/mol. The third-order valence-corrected chi connectivity index (χ3v) is 3.45. The van der Waals surface area contributed by atoms with Gasteiger partial charge in [0.2, 0.25) is 0 Å². The highest BCUT2D eigenvalue weighted by atomic mass is 16.1. The second kappa shape index (κ2) is 7.73. The van der Waals surface area contributed by atoms with E-state index in [2.05, 4.69) is 36.5 Å². The van der Waals surface area contributed by atoms with Gasteiger partial charge < -0.3 is 0 Å². The van der Waals surface area contributed by atoms with Crippen LogP contribution in [-0.2, 0) is 4.79 Å². The molecule has 0 N–H and O–H groups in total. The van der Waals surface area contributed by atoms with E-state index >= 15 is 0 Å². The van der Waals surface area contributed by atoms with E-state index in [0.717, 1.165) is 44.1 Å². The van der Waals surface area contributed by atoms with Gasteiger partial charge in [0.25, 0.3) is 0 Å². The van der Waals surface area contributed by atoms with Crippen molar-refractivity contribution in [1.29, 1.82) is 0 Å². The van der Waals surface area contributed by atoms with Gasteiger partial charge in [0, 0.05) is 6.42 Å². The van der Waals surface area contributed by atoms with Crippen LogP contribution in [0.1, 0.15) is 44.9 Å². The minimum Gasteiger partial charge on any atom is -0.295 e. The largest absolute Gasteiger partial charge is 0.295 e. The number of ketones is 1. The highest BCUT2D eigenvalue weighted by molar-refractivity contribution is 5.90. The Bertz CT molecular complexity index is 458. The van der Waals surface area contributed by atoms with E-state index < -0.39 is 0 Å². The van der Waals surface area contributed by atoms with Crippen molar-refractivity contribution in [3.05, 3.63) is 59.8 Å². The van der Waals surface area contributed by atoms with E-state index in [4.69, 9.17) is 0 Å². The van der Waals surface area contributed by atoms with Crippen LogP contribution >= 0.6 is 0 Å². The highest BCUT2D eigenvalue weighted by Crippen LogP contribution is 2.16. The summed E-state index contributed by atoms with van der Waals surface area (Å²) >= 11 is 0. The Labute approximate surface area is 116 Å². The molecule has 2 rings (SSSR count). The first-order valence-electron chi connectivity index (χ1n) is 7.28. The van der Waals surface area contributed by atoms with Gasteiger partial charge in [0.15, 0.2) is 5.78 Å². The van der Waals surface area contributed by atoms with Gasteiger partial charge in [-0.25, -0.2) is 0 Å². The predicted octanol–water partition coefficient (Wildman–Crippen LogP) is 4.83. The minimum atomic E-state index is 0.236. The van der Waals surface area contributed by atoms with E-state index in [0.29, 0.717) is 6.42 Å². The van der Waals surface area contributed by atoms with E-state index in [1.165, 1.54) is 5.57 Å². The molecule has 0 spiro atoms. The van der Waals surface area contributed by atoms with Crippen molar-refractivity contribution in [2.45, 2.75) is 44.9 Å². The smallest absolute Gasteiger partial charge is 0.155 e. The molecule has 100 valence electrons. The number of hydrogen-bond acceptors (Lipinski definition) is 1. The zero-order valence-corrected chi connectivity index (χ0v) is 11.5. The zero-order valence-electron chi connectivity index (χ0n) is 11.5. The Hall–Kier alpha value is -1.63. The monoisotopic (exact) mass is 254 g/mol. The van der Waals surface area contributed by atoms with Crippen molar-refractivity contribution in [3.63, 3.8) is 0 Å². The molecular weight excluding hydrogens is 232 g/mol. The molecule has 0 saturated carbocycles. The Morgan fingerprint density at radius 3 is 2.53 bits per heavy atom. The fraction of sp³-hybridized carbons (Fsp3) is 0.389. The fourth-order valence-corrected chi connectivity index (χ4v) is 2.35. The van der Waals surface area contributed by atoms with Crippen LogP contribution < -0.4 is 0 Å². The van der Waals surface area contributed by atoms with Crippen LogP contribution in [0, 0.1) is 0 Å². The molecule has 0 radical (unpaired) electrons. The Balaban J connectivity index is 1.68. The molecule has 0 aromatic carbocycles. The first kappa shape index (κ1) is 13.8. The summed E-state index contributed by atoms with van der Waals surface area (Å²) in [6.45, 7) is 0. The molecule has 0 aromatic rings. The second-order valence-corrected chi connectivity index (χ2v) is 5.10. The van der Waals surface area contributed by atoms with Gasteiger partial charge in [0.1, 0.15) is 0 Å². The summed E-state index contributed by atoms with van der Waals surface area (Å²) in [5, 5.41) is 0. The Kier molecular flexibility index (Phi) is 5.61. The molecule has 0 bridgehead atoms. The highest BCUT2D eigenvalue weighted by Gasteiger charge is 2.01. The standard InChI is InChI=1S/C18H22O/c19-18(15-14-17-10-5-2-6-11-17)13-7-12-16-8-3-1-4-9-16/h3,5,8-11,14-15H,1-2,4,6-7,12-13H2/b15-14+. The summed E-state index contributed by atoms with van der Waals surface area (Å²) in [5.41, 5.74) is 2.55. The Morgan fingerprint density at radius 2 is 1.84 bits per heavy atom. The lowest BCUT2D eigenvalue weighted by molar-refractivity contribution is -0.114. The summed E-state index contributed by atoms with van der Waals surface area (Å²) in [4.78, 5) is 11.8. The lowest BCUT2D eigenvalue weighted by atomic mass is 10.0. The lowest BCUT2D eigenvalue weighted by Crippen LogP contribution is -1.94. The maximum absolute atomic E-state index is 11.8. The number of carbonyl (C=O) groups excluding carboxylic acids is 1.